The third-order valence-electron chi connectivity index (χ3n) is 7.62. The Balaban J connectivity index is 1.50. The van der Waals surface area contributed by atoms with Crippen LogP contribution in [0.15, 0.2) is 66.7 Å². The molecule has 3 N–H and O–H groups in total. The van der Waals surface area contributed by atoms with E-state index >= 15 is 0 Å². The molecule has 3 atom stereocenters. The van der Waals surface area contributed by atoms with Crippen molar-refractivity contribution >= 4 is 28.7 Å². The molecular weight excluding hydrogens is 535 g/mol. The second-order valence-corrected chi connectivity index (χ2v) is 11.9. The predicted molar refractivity (Wildman–Crippen MR) is 161 cm³/mol. The molecule has 0 saturated carbocycles. The molecular formula is C33H41FN4O4. The van der Waals surface area contributed by atoms with Crippen LogP contribution in [0.1, 0.15) is 45.2 Å². The summed E-state index contributed by atoms with van der Waals surface area (Å²) < 4.78 is 19.0. The van der Waals surface area contributed by atoms with Gasteiger partial charge in [-0.05, 0) is 67.6 Å². The van der Waals surface area contributed by atoms with E-state index in [0.717, 1.165) is 16.3 Å². The second kappa shape index (κ2) is 13.3. The molecule has 0 aromatic heterocycles. The first-order chi connectivity index (χ1) is 19.9. The molecule has 0 unspecified atom stereocenters. The van der Waals surface area contributed by atoms with Gasteiger partial charge in [-0.15, -0.1) is 0 Å². The first-order valence-corrected chi connectivity index (χ1v) is 14.5. The minimum atomic E-state index is -0.907. The predicted octanol–water partition coefficient (Wildman–Crippen LogP) is 4.43. The van der Waals surface area contributed by atoms with Gasteiger partial charge < -0.3 is 20.7 Å². The Morgan fingerprint density at radius 3 is 2.29 bits per heavy atom. The molecule has 1 aliphatic rings. The van der Waals surface area contributed by atoms with Gasteiger partial charge in [-0.2, -0.15) is 0 Å². The molecule has 3 aromatic rings. The van der Waals surface area contributed by atoms with Crippen molar-refractivity contribution in [2.75, 3.05) is 19.6 Å². The highest BCUT2D eigenvalue weighted by molar-refractivity contribution is 5.87. The van der Waals surface area contributed by atoms with Gasteiger partial charge in [0.15, 0.2) is 0 Å². The van der Waals surface area contributed by atoms with E-state index in [1.54, 1.807) is 37.8 Å². The molecule has 9 heteroatoms. The van der Waals surface area contributed by atoms with E-state index < -0.39 is 29.7 Å². The third-order valence-corrected chi connectivity index (χ3v) is 7.62. The Morgan fingerprint density at radius 2 is 1.64 bits per heavy atom. The van der Waals surface area contributed by atoms with Gasteiger partial charge in [0, 0.05) is 32.1 Å². The Hall–Kier alpha value is -3.98. The fourth-order valence-electron chi connectivity index (χ4n) is 5.51. The van der Waals surface area contributed by atoms with Crippen LogP contribution in [-0.4, -0.2) is 71.1 Å². The summed E-state index contributed by atoms with van der Waals surface area (Å²) in [5.74, 6) is -1.03. The van der Waals surface area contributed by atoms with Gasteiger partial charge in [0.2, 0.25) is 11.8 Å². The smallest absolute Gasteiger partial charge is 0.408 e. The molecule has 1 fully saturated rings. The molecule has 0 aliphatic carbocycles. The number of fused-ring (bicyclic) bond motifs is 1. The molecule has 0 bridgehead atoms. The molecule has 3 amide bonds. The summed E-state index contributed by atoms with van der Waals surface area (Å²) in [5.41, 5.74) is 6.90. The number of hydrogen-bond acceptors (Lipinski definition) is 5. The first kappa shape index (κ1) is 31.0. The molecule has 42 heavy (non-hydrogen) atoms. The minimum absolute atomic E-state index is 0.181. The summed E-state index contributed by atoms with van der Waals surface area (Å²) in [5, 5.41) is 4.98. The Bertz CT molecular complexity index is 1410. The normalized spacial score (nSPS) is 17.5. The highest BCUT2D eigenvalue weighted by Crippen LogP contribution is 2.22. The number of ether oxygens (including phenoxy) is 1. The number of amides is 3. The number of piperazine rings is 1. The van der Waals surface area contributed by atoms with Crippen molar-refractivity contribution in [2.24, 2.45) is 5.73 Å². The molecule has 8 nitrogen and oxygen atoms in total. The van der Waals surface area contributed by atoms with Gasteiger partial charge in [0.1, 0.15) is 17.5 Å². The summed E-state index contributed by atoms with van der Waals surface area (Å²) in [7, 11) is 0. The quantitative estimate of drug-likeness (QED) is 0.392. The van der Waals surface area contributed by atoms with Crippen molar-refractivity contribution in [3.63, 3.8) is 0 Å². The number of hydrogen-bond donors (Lipinski definition) is 2. The molecule has 0 spiro atoms. The molecule has 224 valence electrons. The zero-order chi connectivity index (χ0) is 30.4. The number of halogens is 1. The third kappa shape index (κ3) is 8.06. The van der Waals surface area contributed by atoms with Crippen molar-refractivity contribution in [1.82, 2.24) is 15.1 Å². The van der Waals surface area contributed by atoms with E-state index in [9.17, 15) is 18.8 Å². The highest BCUT2D eigenvalue weighted by atomic mass is 19.1. The van der Waals surface area contributed by atoms with Crippen LogP contribution in [0.4, 0.5) is 9.18 Å². The van der Waals surface area contributed by atoms with E-state index in [1.807, 2.05) is 43.3 Å². The van der Waals surface area contributed by atoms with Gasteiger partial charge in [-0.1, -0.05) is 61.5 Å². The van der Waals surface area contributed by atoms with Crippen molar-refractivity contribution in [3.05, 3.63) is 83.7 Å². The van der Waals surface area contributed by atoms with Gasteiger partial charge >= 0.3 is 6.09 Å². The SMILES string of the molecule is CC[C@H]1CN([C@@H](Cc2ccc3ccccc3c2)C(N)=O)CCN1C(=O)[C@@H](Cc1ccc(F)cc1)NC(=O)OC(C)(C)C. The summed E-state index contributed by atoms with van der Waals surface area (Å²) in [6.45, 7) is 8.55. The van der Waals surface area contributed by atoms with Crippen LogP contribution in [-0.2, 0) is 27.2 Å². The van der Waals surface area contributed by atoms with E-state index in [-0.39, 0.29) is 24.2 Å². The lowest BCUT2D eigenvalue weighted by atomic mass is 9.98. The maximum absolute atomic E-state index is 13.9. The van der Waals surface area contributed by atoms with Crippen LogP contribution in [0.2, 0.25) is 0 Å². The van der Waals surface area contributed by atoms with Gasteiger partial charge in [-0.3, -0.25) is 14.5 Å². The number of rotatable bonds is 9. The summed E-state index contributed by atoms with van der Waals surface area (Å²) >= 11 is 0. The molecule has 0 radical (unpaired) electrons. The summed E-state index contributed by atoms with van der Waals surface area (Å²) in [4.78, 5) is 43.1. The fourth-order valence-corrected chi connectivity index (χ4v) is 5.51. The lowest BCUT2D eigenvalue weighted by molar-refractivity contribution is -0.140. The second-order valence-electron chi connectivity index (χ2n) is 11.9. The number of nitrogens with one attached hydrogen (secondary N) is 1. The standard InChI is InChI=1S/C33H41FN4O4/c1-5-27-21-37(29(30(35)39)20-23-10-13-24-8-6-7-9-25(24)18-23)16-17-38(27)31(40)28(36-32(41)42-33(2,3)4)19-22-11-14-26(34)15-12-22/h6-15,18,27-29H,5,16-17,19-21H2,1-4H3,(H2,35,39)(H,36,41)/t27-,28+,29-/m0/s1. The Kier molecular flexibility index (Phi) is 9.83. The molecule has 3 aromatic carbocycles. The van der Waals surface area contributed by atoms with E-state index in [2.05, 4.69) is 16.3 Å². The van der Waals surface area contributed by atoms with Crippen LogP contribution in [0.25, 0.3) is 10.8 Å². The van der Waals surface area contributed by atoms with Crippen molar-refractivity contribution in [1.29, 1.82) is 0 Å². The summed E-state index contributed by atoms with van der Waals surface area (Å²) in [6, 6.07) is 18.5. The van der Waals surface area contributed by atoms with Crippen LogP contribution in [0, 0.1) is 5.82 Å². The molecule has 4 rings (SSSR count). The zero-order valence-electron chi connectivity index (χ0n) is 24.8. The monoisotopic (exact) mass is 576 g/mol. The van der Waals surface area contributed by atoms with Crippen LogP contribution < -0.4 is 11.1 Å². The molecule has 1 heterocycles. The highest BCUT2D eigenvalue weighted by Gasteiger charge is 2.37. The maximum atomic E-state index is 13.9. The van der Waals surface area contributed by atoms with Crippen molar-refractivity contribution in [2.45, 2.75) is 70.7 Å². The topological polar surface area (TPSA) is 105 Å². The van der Waals surface area contributed by atoms with Gasteiger partial charge in [0.25, 0.3) is 0 Å². The number of alkyl carbamates (subject to hydrolysis) is 1. The van der Waals surface area contributed by atoms with E-state index in [1.165, 1.54) is 12.1 Å². The zero-order valence-corrected chi connectivity index (χ0v) is 24.8. The van der Waals surface area contributed by atoms with Gasteiger partial charge in [-0.25, -0.2) is 9.18 Å². The average molecular weight is 577 g/mol. The van der Waals surface area contributed by atoms with Crippen LogP contribution in [0.3, 0.4) is 0 Å². The number of nitrogens with zero attached hydrogens (tertiary/aromatic N) is 2. The molecule has 1 saturated heterocycles. The number of carbonyl (C=O) groups is 3. The number of benzene rings is 3. The number of nitrogens with two attached hydrogens (primary N) is 1. The summed E-state index contributed by atoms with van der Waals surface area (Å²) in [6.07, 6.45) is 0.608. The van der Waals surface area contributed by atoms with E-state index in [4.69, 9.17) is 10.5 Å². The van der Waals surface area contributed by atoms with Crippen LogP contribution in [0.5, 0.6) is 0 Å². The van der Waals surface area contributed by atoms with Gasteiger partial charge in [0.05, 0.1) is 6.04 Å². The van der Waals surface area contributed by atoms with Crippen molar-refractivity contribution in [3.8, 4) is 0 Å². The Morgan fingerprint density at radius 1 is 0.976 bits per heavy atom. The Labute approximate surface area is 247 Å². The number of carbonyl (C=O) groups excluding carboxylic acids is 3. The van der Waals surface area contributed by atoms with E-state index in [0.29, 0.717) is 38.0 Å². The largest absolute Gasteiger partial charge is 0.444 e. The fraction of sp³-hybridized carbons (Fsp3) is 0.424. The number of primary amides is 1. The van der Waals surface area contributed by atoms with Crippen LogP contribution >= 0.6 is 0 Å². The average Bonchev–Trinajstić information content (AvgIpc) is 2.94. The lowest BCUT2D eigenvalue weighted by Gasteiger charge is -2.44. The minimum Gasteiger partial charge on any atom is -0.444 e. The lowest BCUT2D eigenvalue weighted by Crippen LogP contribution is -2.63. The molecule has 1 aliphatic heterocycles. The first-order valence-electron chi connectivity index (χ1n) is 14.5. The van der Waals surface area contributed by atoms with Crippen molar-refractivity contribution < 1.29 is 23.5 Å². The maximum Gasteiger partial charge on any atom is 0.408 e.